The van der Waals surface area contributed by atoms with Crippen LogP contribution in [0.15, 0.2) is 48.5 Å². The summed E-state index contributed by atoms with van der Waals surface area (Å²) >= 11 is 6.27. The number of nitrogens with zero attached hydrogens (tertiary/aromatic N) is 2. The van der Waals surface area contributed by atoms with Gasteiger partial charge in [0.05, 0.1) is 11.7 Å². The van der Waals surface area contributed by atoms with E-state index in [4.69, 9.17) is 16.3 Å². The van der Waals surface area contributed by atoms with Crippen LogP contribution in [-0.4, -0.2) is 35.8 Å². The average Bonchev–Trinajstić information content (AvgIpc) is 3.12. The van der Waals surface area contributed by atoms with Crippen molar-refractivity contribution in [2.24, 2.45) is 0 Å². The molecule has 1 N–H and O–H groups in total. The highest BCUT2D eigenvalue weighted by molar-refractivity contribution is 6.30. The maximum absolute atomic E-state index is 13.3. The second kappa shape index (κ2) is 6.23. The van der Waals surface area contributed by atoms with Gasteiger partial charge in [-0.3, -0.25) is 0 Å². The summed E-state index contributed by atoms with van der Waals surface area (Å²) in [6.45, 7) is 1.94. The quantitative estimate of drug-likeness (QED) is 0.796. The molecule has 1 spiro atoms. The molecule has 2 aromatic carbocycles. The third-order valence-corrected chi connectivity index (χ3v) is 6.03. The van der Waals surface area contributed by atoms with Crippen molar-refractivity contribution in [2.75, 3.05) is 20.1 Å². The number of piperidine rings is 1. The Labute approximate surface area is 163 Å². The van der Waals surface area contributed by atoms with E-state index in [1.54, 1.807) is 12.1 Å². The minimum Gasteiger partial charge on any atom is -0.470 e. The predicted octanol–water partition coefficient (Wildman–Crippen LogP) is 4.20. The van der Waals surface area contributed by atoms with Gasteiger partial charge in [-0.15, -0.1) is 0 Å². The summed E-state index contributed by atoms with van der Waals surface area (Å²) in [4.78, 5) is 2.32. The first-order valence-corrected chi connectivity index (χ1v) is 9.63. The van der Waals surface area contributed by atoms with E-state index in [-0.39, 0.29) is 11.9 Å². The first kappa shape index (κ1) is 17.0. The topological polar surface area (TPSA) is 27.7 Å². The molecule has 5 rings (SSSR count). The minimum absolute atomic E-state index is 0.0240. The first-order valence-electron chi connectivity index (χ1n) is 9.25. The largest absolute Gasteiger partial charge is 0.470 e. The van der Waals surface area contributed by atoms with Crippen LogP contribution in [0, 0.1) is 5.82 Å². The summed E-state index contributed by atoms with van der Waals surface area (Å²) in [5.41, 5.74) is 6.12. The maximum Gasteiger partial charge on any atom is 0.182 e. The molecule has 0 aliphatic carbocycles. The van der Waals surface area contributed by atoms with E-state index in [2.05, 4.69) is 28.5 Å². The smallest absolute Gasteiger partial charge is 0.182 e. The summed E-state index contributed by atoms with van der Waals surface area (Å²) < 4.78 is 19.9. The normalized spacial score (nSPS) is 24.0. The lowest BCUT2D eigenvalue weighted by Gasteiger charge is -2.51. The van der Waals surface area contributed by atoms with Gasteiger partial charge in [-0.25, -0.2) is 4.39 Å². The van der Waals surface area contributed by atoms with Gasteiger partial charge in [0, 0.05) is 36.5 Å². The summed E-state index contributed by atoms with van der Waals surface area (Å²) in [6, 6.07) is 12.4. The average molecular weight is 386 g/mol. The number of nitrogens with one attached hydrogen (secondary N) is 1. The standard InChI is InChI=1S/C21H21ClFN3O/c1-25-10-8-21(9-11-25)26-19(17-12-15(22)4-7-20(17)27-21)13-18(24-26)14-2-5-16(23)6-3-14/h2-7,12-13,19,24H,8-11H2,1H3. The second-order valence-corrected chi connectivity index (χ2v) is 7.98. The van der Waals surface area contributed by atoms with Crippen LogP contribution in [-0.2, 0) is 0 Å². The number of benzene rings is 2. The van der Waals surface area contributed by atoms with Crippen molar-refractivity contribution in [3.63, 3.8) is 0 Å². The molecule has 1 fully saturated rings. The highest BCUT2D eigenvalue weighted by Gasteiger charge is 2.51. The van der Waals surface area contributed by atoms with E-state index in [0.29, 0.717) is 5.02 Å². The fourth-order valence-corrected chi connectivity index (χ4v) is 4.43. The Balaban J connectivity index is 1.58. The number of rotatable bonds is 1. The number of hydrazine groups is 1. The Kier molecular flexibility index (Phi) is 3.93. The molecule has 1 unspecified atom stereocenters. The third-order valence-electron chi connectivity index (χ3n) is 5.80. The van der Waals surface area contributed by atoms with Crippen LogP contribution in [0.2, 0.25) is 5.02 Å². The van der Waals surface area contributed by atoms with Gasteiger partial charge in [0.2, 0.25) is 0 Å². The van der Waals surface area contributed by atoms with Gasteiger partial charge in [-0.05, 0) is 61.2 Å². The summed E-state index contributed by atoms with van der Waals surface area (Å²) in [6.07, 6.45) is 3.99. The SMILES string of the molecule is CN1CCC2(CC1)Oc1ccc(Cl)cc1C1C=C(c3ccc(F)cc3)NN12. The molecule has 140 valence electrons. The molecule has 0 radical (unpaired) electrons. The zero-order valence-corrected chi connectivity index (χ0v) is 15.8. The molecule has 1 saturated heterocycles. The highest BCUT2D eigenvalue weighted by Crippen LogP contribution is 2.48. The fraction of sp³-hybridized carbons (Fsp3) is 0.333. The van der Waals surface area contributed by atoms with E-state index in [0.717, 1.165) is 48.5 Å². The van der Waals surface area contributed by atoms with Crippen LogP contribution >= 0.6 is 11.6 Å². The van der Waals surface area contributed by atoms with Gasteiger partial charge < -0.3 is 15.1 Å². The van der Waals surface area contributed by atoms with Gasteiger partial charge in [0.1, 0.15) is 11.6 Å². The number of fused-ring (bicyclic) bond motifs is 4. The molecule has 27 heavy (non-hydrogen) atoms. The molecule has 0 saturated carbocycles. The number of halogens is 2. The molecular formula is C21H21ClFN3O. The molecule has 3 aliphatic rings. The zero-order chi connectivity index (χ0) is 18.6. The monoisotopic (exact) mass is 385 g/mol. The second-order valence-electron chi connectivity index (χ2n) is 7.55. The van der Waals surface area contributed by atoms with E-state index < -0.39 is 5.72 Å². The molecule has 2 aromatic rings. The van der Waals surface area contributed by atoms with Crippen molar-refractivity contribution >= 4 is 17.3 Å². The Morgan fingerprint density at radius 3 is 2.63 bits per heavy atom. The summed E-state index contributed by atoms with van der Waals surface area (Å²) in [5.74, 6) is 0.658. The molecular weight excluding hydrogens is 365 g/mol. The van der Waals surface area contributed by atoms with E-state index >= 15 is 0 Å². The van der Waals surface area contributed by atoms with Crippen molar-refractivity contribution in [1.29, 1.82) is 0 Å². The number of hydrogen-bond acceptors (Lipinski definition) is 4. The molecule has 0 amide bonds. The van der Waals surface area contributed by atoms with E-state index in [9.17, 15) is 4.39 Å². The van der Waals surface area contributed by atoms with Gasteiger partial charge in [0.15, 0.2) is 5.72 Å². The maximum atomic E-state index is 13.3. The van der Waals surface area contributed by atoms with Crippen LogP contribution in [0.25, 0.3) is 5.70 Å². The van der Waals surface area contributed by atoms with Gasteiger partial charge >= 0.3 is 0 Å². The Bertz CT molecular complexity index is 906. The predicted molar refractivity (Wildman–Crippen MR) is 104 cm³/mol. The van der Waals surface area contributed by atoms with Gasteiger partial charge in [-0.2, -0.15) is 5.01 Å². The zero-order valence-electron chi connectivity index (χ0n) is 15.1. The van der Waals surface area contributed by atoms with Crippen LogP contribution < -0.4 is 10.2 Å². The molecule has 3 aliphatic heterocycles. The van der Waals surface area contributed by atoms with Gasteiger partial charge in [-0.1, -0.05) is 11.6 Å². The Morgan fingerprint density at radius 2 is 1.89 bits per heavy atom. The molecule has 3 heterocycles. The van der Waals surface area contributed by atoms with Crippen molar-refractivity contribution in [1.82, 2.24) is 15.3 Å². The van der Waals surface area contributed by atoms with E-state index in [1.807, 2.05) is 18.2 Å². The third kappa shape index (κ3) is 2.81. The molecule has 1 atom stereocenters. The number of hydrogen-bond donors (Lipinski definition) is 1. The first-order chi connectivity index (χ1) is 13.0. The molecule has 0 bridgehead atoms. The van der Waals surface area contributed by atoms with Crippen LogP contribution in [0.3, 0.4) is 0 Å². The number of likely N-dealkylation sites (tertiary alicyclic amines) is 1. The van der Waals surface area contributed by atoms with Gasteiger partial charge in [0.25, 0.3) is 0 Å². The number of ether oxygens (including phenoxy) is 1. The molecule has 4 nitrogen and oxygen atoms in total. The highest BCUT2D eigenvalue weighted by atomic mass is 35.5. The lowest BCUT2D eigenvalue weighted by molar-refractivity contribution is -0.157. The Morgan fingerprint density at radius 1 is 1.15 bits per heavy atom. The molecule has 6 heteroatoms. The summed E-state index contributed by atoms with van der Waals surface area (Å²) in [7, 11) is 2.14. The van der Waals surface area contributed by atoms with Crippen molar-refractivity contribution in [2.45, 2.75) is 24.6 Å². The minimum atomic E-state index is -0.406. The van der Waals surface area contributed by atoms with Crippen LogP contribution in [0.4, 0.5) is 4.39 Å². The van der Waals surface area contributed by atoms with Crippen molar-refractivity contribution in [3.05, 3.63) is 70.5 Å². The van der Waals surface area contributed by atoms with Crippen LogP contribution in [0.1, 0.15) is 30.0 Å². The van der Waals surface area contributed by atoms with E-state index in [1.165, 1.54) is 12.1 Å². The fourth-order valence-electron chi connectivity index (χ4n) is 4.25. The Hall–Kier alpha value is -2.08. The lowest BCUT2D eigenvalue weighted by Crippen LogP contribution is -2.63. The molecule has 0 aromatic heterocycles. The van der Waals surface area contributed by atoms with Crippen LogP contribution in [0.5, 0.6) is 5.75 Å². The summed E-state index contributed by atoms with van der Waals surface area (Å²) in [5, 5.41) is 2.91. The van der Waals surface area contributed by atoms with Crippen molar-refractivity contribution in [3.8, 4) is 5.75 Å². The lowest BCUT2D eigenvalue weighted by atomic mass is 9.93. The van der Waals surface area contributed by atoms with Crippen molar-refractivity contribution < 1.29 is 9.13 Å².